The molecule has 3 aromatic rings. The predicted octanol–water partition coefficient (Wildman–Crippen LogP) is 2.45. The maximum Gasteiger partial charge on any atom is 0.328 e. The summed E-state index contributed by atoms with van der Waals surface area (Å²) >= 11 is 1.61. The molecule has 3 heterocycles. The first-order valence-electron chi connectivity index (χ1n) is 10.7. The molecule has 1 saturated heterocycles. The molecule has 0 saturated carbocycles. The molecule has 1 atom stereocenters. The molecule has 0 aliphatic carbocycles. The Morgan fingerprint density at radius 2 is 1.89 bits per heavy atom. The van der Waals surface area contributed by atoms with Crippen LogP contribution in [0.15, 0.2) is 54.1 Å². The Balaban J connectivity index is 0.000000371. The summed E-state index contributed by atoms with van der Waals surface area (Å²) in [5.41, 5.74) is 8.81. The Labute approximate surface area is 205 Å². The number of nitrogens with one attached hydrogen (secondary N) is 1. The summed E-state index contributed by atoms with van der Waals surface area (Å²) < 4.78 is 0. The number of aromatic nitrogens is 1. The fraction of sp³-hybridized carbons (Fsp3) is 0.250. The van der Waals surface area contributed by atoms with Crippen molar-refractivity contribution in [3.05, 3.63) is 70.1 Å². The molecule has 5 N–H and O–H groups in total. The van der Waals surface area contributed by atoms with Gasteiger partial charge in [0.25, 0.3) is 5.91 Å². The van der Waals surface area contributed by atoms with E-state index in [4.69, 9.17) is 15.9 Å². The van der Waals surface area contributed by atoms with Crippen LogP contribution in [-0.2, 0) is 33.8 Å². The van der Waals surface area contributed by atoms with Crippen LogP contribution >= 0.6 is 11.3 Å². The molecule has 4 rings (SSSR count). The summed E-state index contributed by atoms with van der Waals surface area (Å²) in [6.07, 6.45) is 4.44. The van der Waals surface area contributed by atoms with Crippen molar-refractivity contribution in [2.45, 2.75) is 25.4 Å². The normalized spacial score (nSPS) is 15.7. The maximum absolute atomic E-state index is 12.9. The highest BCUT2D eigenvalue weighted by Gasteiger charge is 2.42. The number of H-pyrrole nitrogens is 1. The van der Waals surface area contributed by atoms with E-state index in [0.717, 1.165) is 33.3 Å². The van der Waals surface area contributed by atoms with Crippen LogP contribution in [0.1, 0.15) is 16.0 Å². The van der Waals surface area contributed by atoms with Crippen LogP contribution in [0.3, 0.4) is 0 Å². The third-order valence-electron chi connectivity index (χ3n) is 5.48. The monoisotopic (exact) mass is 498 g/mol. The molecule has 0 radical (unpaired) electrons. The molecule has 2 aromatic heterocycles. The summed E-state index contributed by atoms with van der Waals surface area (Å²) in [5.74, 6) is -2.65. The average molecular weight is 499 g/mol. The van der Waals surface area contributed by atoms with E-state index in [2.05, 4.69) is 4.98 Å². The molecule has 35 heavy (non-hydrogen) atoms. The number of aromatic amines is 1. The van der Waals surface area contributed by atoms with E-state index in [9.17, 15) is 19.2 Å². The number of benzene rings is 1. The zero-order valence-electron chi connectivity index (χ0n) is 19.0. The van der Waals surface area contributed by atoms with E-state index in [1.165, 1.54) is 4.90 Å². The molecule has 10 nitrogen and oxygen atoms in total. The molecule has 184 valence electrons. The zero-order valence-corrected chi connectivity index (χ0v) is 19.8. The highest BCUT2D eigenvalue weighted by Crippen LogP contribution is 2.25. The van der Waals surface area contributed by atoms with Gasteiger partial charge in [-0.15, -0.1) is 11.3 Å². The van der Waals surface area contributed by atoms with Crippen LogP contribution in [0.5, 0.6) is 0 Å². The van der Waals surface area contributed by atoms with Crippen molar-refractivity contribution in [2.24, 2.45) is 5.73 Å². The number of urea groups is 1. The molecule has 0 spiro atoms. The van der Waals surface area contributed by atoms with E-state index in [-0.39, 0.29) is 18.5 Å². The maximum atomic E-state index is 12.9. The number of rotatable bonds is 8. The lowest BCUT2D eigenvalue weighted by atomic mass is 10.1. The molecule has 1 unspecified atom stereocenters. The average Bonchev–Trinajstić information content (AvgIpc) is 3.53. The fourth-order valence-electron chi connectivity index (χ4n) is 3.76. The Bertz CT molecular complexity index is 1230. The standard InChI is InChI=1S/C20H22N4O2S.C4H4O4/c1-23-18(10-15-3-2-8-27-15)19(25)24(20(23)26)12-13-4-5-17-16(9-13)14(6-7-21)11-22-17;5-3(6)1-2-4(7)8/h2-5,8-9,11,18,22H,6-7,10,12,21H2,1H3;1-2H,(H,5,6)(H,7,8)/b;2-1-. The number of aliphatic carboxylic acids is 2. The van der Waals surface area contributed by atoms with Crippen LogP contribution in [0.25, 0.3) is 10.9 Å². The molecule has 1 aliphatic rings. The molecule has 3 amide bonds. The van der Waals surface area contributed by atoms with Crippen molar-refractivity contribution in [3.63, 3.8) is 0 Å². The summed E-state index contributed by atoms with van der Waals surface area (Å²) in [4.78, 5) is 51.9. The smallest absolute Gasteiger partial charge is 0.328 e. The fourth-order valence-corrected chi connectivity index (χ4v) is 4.51. The van der Waals surface area contributed by atoms with Gasteiger partial charge in [-0.05, 0) is 47.7 Å². The number of amides is 3. The van der Waals surface area contributed by atoms with Crippen molar-refractivity contribution in [2.75, 3.05) is 13.6 Å². The Morgan fingerprint density at radius 3 is 2.49 bits per heavy atom. The summed E-state index contributed by atoms with van der Waals surface area (Å²) in [7, 11) is 1.70. The number of thiophene rings is 1. The Hall–Kier alpha value is -3.96. The number of nitrogens with two attached hydrogens (primary N) is 1. The first kappa shape index (κ1) is 25.7. The van der Waals surface area contributed by atoms with Gasteiger partial charge >= 0.3 is 18.0 Å². The Morgan fingerprint density at radius 1 is 1.17 bits per heavy atom. The number of fused-ring (bicyclic) bond motifs is 1. The lowest BCUT2D eigenvalue weighted by Crippen LogP contribution is -2.33. The van der Waals surface area contributed by atoms with Gasteiger partial charge in [0.2, 0.25) is 0 Å². The molecular formula is C24H26N4O6S. The highest BCUT2D eigenvalue weighted by molar-refractivity contribution is 7.09. The van der Waals surface area contributed by atoms with E-state index >= 15 is 0 Å². The lowest BCUT2D eigenvalue weighted by molar-refractivity contribution is -0.134. The molecular weight excluding hydrogens is 472 g/mol. The van der Waals surface area contributed by atoms with Crippen LogP contribution < -0.4 is 5.73 Å². The highest BCUT2D eigenvalue weighted by atomic mass is 32.1. The second kappa shape index (κ2) is 11.4. The minimum atomic E-state index is -1.26. The Kier molecular flexibility index (Phi) is 8.39. The van der Waals surface area contributed by atoms with Crippen molar-refractivity contribution in [1.29, 1.82) is 0 Å². The molecule has 11 heteroatoms. The van der Waals surface area contributed by atoms with E-state index < -0.39 is 18.0 Å². The number of hydrogen-bond acceptors (Lipinski definition) is 6. The van der Waals surface area contributed by atoms with Gasteiger partial charge in [0, 0.05) is 47.6 Å². The number of hydrogen-bond donors (Lipinski definition) is 4. The molecule has 1 fully saturated rings. The quantitative estimate of drug-likeness (QED) is 0.274. The van der Waals surface area contributed by atoms with Crippen LogP contribution in [0, 0.1) is 0 Å². The second-order valence-electron chi connectivity index (χ2n) is 7.86. The summed E-state index contributed by atoms with van der Waals surface area (Å²) in [6, 6.07) is 9.28. The summed E-state index contributed by atoms with van der Waals surface area (Å²) in [5, 5.41) is 18.7. The first-order chi connectivity index (χ1) is 16.7. The zero-order chi connectivity index (χ0) is 25.5. The predicted molar refractivity (Wildman–Crippen MR) is 131 cm³/mol. The van der Waals surface area contributed by atoms with Gasteiger partial charge in [-0.25, -0.2) is 14.4 Å². The third kappa shape index (κ3) is 6.34. The molecule has 1 aromatic carbocycles. The van der Waals surface area contributed by atoms with Crippen molar-refractivity contribution in [3.8, 4) is 0 Å². The van der Waals surface area contributed by atoms with Gasteiger partial charge in [0.1, 0.15) is 6.04 Å². The lowest BCUT2D eigenvalue weighted by Gasteiger charge is -2.15. The number of carboxylic acids is 2. The van der Waals surface area contributed by atoms with Gasteiger partial charge in [-0.1, -0.05) is 12.1 Å². The largest absolute Gasteiger partial charge is 0.478 e. The van der Waals surface area contributed by atoms with Gasteiger partial charge in [0.05, 0.1) is 6.54 Å². The first-order valence-corrected chi connectivity index (χ1v) is 11.6. The number of likely N-dealkylation sites (N-methyl/N-ethyl adjacent to an activating group) is 1. The molecule has 0 bridgehead atoms. The molecule has 1 aliphatic heterocycles. The van der Waals surface area contributed by atoms with Gasteiger partial charge < -0.3 is 25.8 Å². The number of carbonyl (C=O) groups is 4. The van der Waals surface area contributed by atoms with E-state index in [0.29, 0.717) is 25.1 Å². The second-order valence-corrected chi connectivity index (χ2v) is 8.89. The van der Waals surface area contributed by atoms with Crippen molar-refractivity contribution >= 4 is 46.1 Å². The number of imide groups is 1. The van der Waals surface area contributed by atoms with Gasteiger partial charge in [0.15, 0.2) is 0 Å². The van der Waals surface area contributed by atoms with Crippen molar-refractivity contribution < 1.29 is 29.4 Å². The van der Waals surface area contributed by atoms with Crippen LogP contribution in [0.2, 0.25) is 0 Å². The SMILES string of the molecule is CN1C(=O)N(Cc2ccc3[nH]cc(CCN)c3c2)C(=O)C1Cc1cccs1.O=C(O)/C=C\C(=O)O. The van der Waals surface area contributed by atoms with E-state index in [1.807, 2.05) is 41.9 Å². The van der Waals surface area contributed by atoms with Crippen LogP contribution in [0.4, 0.5) is 4.79 Å². The minimum absolute atomic E-state index is 0.132. The summed E-state index contributed by atoms with van der Waals surface area (Å²) in [6.45, 7) is 0.863. The minimum Gasteiger partial charge on any atom is -0.478 e. The van der Waals surface area contributed by atoms with E-state index in [1.54, 1.807) is 23.3 Å². The number of carbonyl (C=O) groups excluding carboxylic acids is 2. The van der Waals surface area contributed by atoms with Gasteiger partial charge in [-0.3, -0.25) is 9.69 Å². The third-order valence-corrected chi connectivity index (χ3v) is 6.38. The van der Waals surface area contributed by atoms with Gasteiger partial charge in [-0.2, -0.15) is 0 Å². The van der Waals surface area contributed by atoms with Crippen LogP contribution in [-0.4, -0.2) is 68.5 Å². The van der Waals surface area contributed by atoms with Crippen molar-refractivity contribution in [1.82, 2.24) is 14.8 Å². The topological polar surface area (TPSA) is 157 Å². The number of carboxylic acid groups (broad SMARTS) is 2. The number of nitrogens with zero attached hydrogens (tertiary/aromatic N) is 2.